The van der Waals surface area contributed by atoms with Crippen LogP contribution in [-0.2, 0) is 0 Å². The van der Waals surface area contributed by atoms with Gasteiger partial charge in [0.25, 0.3) is 0 Å². The number of benzene rings is 1. The van der Waals surface area contributed by atoms with Gasteiger partial charge in [-0.05, 0) is 48.0 Å². The van der Waals surface area contributed by atoms with Gasteiger partial charge in [-0.1, -0.05) is 0 Å². The fraction of sp³-hybridized carbons (Fsp3) is 0.167. The van der Waals surface area contributed by atoms with Gasteiger partial charge < -0.3 is 5.73 Å². The van der Waals surface area contributed by atoms with Gasteiger partial charge >= 0.3 is 0 Å². The maximum Gasteiger partial charge on any atom is 0.101 e. The molecule has 86 valence electrons. The highest BCUT2D eigenvalue weighted by Gasteiger charge is 2.13. The number of nitriles is 1. The Morgan fingerprint density at radius 3 is 2.65 bits per heavy atom. The lowest BCUT2D eigenvalue weighted by Gasteiger charge is -2.07. The van der Waals surface area contributed by atoms with Crippen molar-refractivity contribution in [1.82, 2.24) is 9.78 Å². The van der Waals surface area contributed by atoms with Crippen molar-refractivity contribution >= 4 is 21.6 Å². The Morgan fingerprint density at radius 2 is 2.12 bits per heavy atom. The molecule has 1 heterocycles. The molecule has 17 heavy (non-hydrogen) atoms. The van der Waals surface area contributed by atoms with Gasteiger partial charge in [0, 0.05) is 5.69 Å². The molecule has 0 aliphatic heterocycles. The second-order valence-corrected chi connectivity index (χ2v) is 4.58. The predicted octanol–water partition coefficient (Wildman–Crippen LogP) is 2.71. The predicted molar refractivity (Wildman–Crippen MR) is 69.9 cm³/mol. The summed E-state index contributed by atoms with van der Waals surface area (Å²) in [5.74, 6) is 0. The summed E-state index contributed by atoms with van der Waals surface area (Å²) in [5, 5.41) is 13.5. The molecule has 2 N–H and O–H groups in total. The zero-order chi connectivity index (χ0) is 12.6. The number of hydrogen-bond donors (Lipinski definition) is 1. The van der Waals surface area contributed by atoms with E-state index in [1.165, 1.54) is 0 Å². The van der Waals surface area contributed by atoms with E-state index in [9.17, 15) is 0 Å². The molecular formula is C12H11BrN4. The third-order valence-electron chi connectivity index (χ3n) is 2.57. The molecular weight excluding hydrogens is 280 g/mol. The van der Waals surface area contributed by atoms with E-state index in [1.807, 2.05) is 13.8 Å². The quantitative estimate of drug-likeness (QED) is 0.821. The third-order valence-corrected chi connectivity index (χ3v) is 3.72. The second-order valence-electron chi connectivity index (χ2n) is 3.78. The van der Waals surface area contributed by atoms with Gasteiger partial charge in [0.15, 0.2) is 0 Å². The number of halogens is 1. The van der Waals surface area contributed by atoms with Crippen LogP contribution in [0.2, 0.25) is 0 Å². The average molecular weight is 291 g/mol. The molecule has 0 fully saturated rings. The number of anilines is 1. The summed E-state index contributed by atoms with van der Waals surface area (Å²) >= 11 is 3.47. The third kappa shape index (κ3) is 1.92. The SMILES string of the molecule is Cc1nn(-c2ccc(N)cc2C#N)c(C)c1Br. The molecule has 5 heteroatoms. The van der Waals surface area contributed by atoms with Crippen LogP contribution < -0.4 is 5.73 Å². The van der Waals surface area contributed by atoms with Crippen molar-refractivity contribution in [1.29, 1.82) is 5.26 Å². The number of aromatic nitrogens is 2. The largest absolute Gasteiger partial charge is 0.399 e. The minimum Gasteiger partial charge on any atom is -0.399 e. The number of rotatable bonds is 1. The lowest BCUT2D eigenvalue weighted by molar-refractivity contribution is 0.831. The maximum absolute atomic E-state index is 9.11. The molecule has 0 atom stereocenters. The van der Waals surface area contributed by atoms with E-state index in [2.05, 4.69) is 27.1 Å². The minimum absolute atomic E-state index is 0.517. The molecule has 0 spiro atoms. The Balaban J connectivity index is 2.69. The normalized spacial score (nSPS) is 10.2. The van der Waals surface area contributed by atoms with Gasteiger partial charge in [0.2, 0.25) is 0 Å². The Hall–Kier alpha value is -1.80. The van der Waals surface area contributed by atoms with E-state index in [0.29, 0.717) is 11.3 Å². The van der Waals surface area contributed by atoms with Crippen molar-refractivity contribution in [3.63, 3.8) is 0 Å². The smallest absolute Gasteiger partial charge is 0.101 e. The Kier molecular flexibility index (Phi) is 2.90. The first-order chi connectivity index (χ1) is 8.04. The van der Waals surface area contributed by atoms with Crippen LogP contribution in [0.25, 0.3) is 5.69 Å². The monoisotopic (exact) mass is 290 g/mol. The molecule has 0 aliphatic carbocycles. The first kappa shape index (κ1) is 11.7. The van der Waals surface area contributed by atoms with Gasteiger partial charge in [-0.3, -0.25) is 0 Å². The Bertz CT molecular complexity index is 622. The van der Waals surface area contributed by atoms with Crippen molar-refractivity contribution in [3.05, 3.63) is 39.6 Å². The zero-order valence-electron chi connectivity index (χ0n) is 9.53. The summed E-state index contributed by atoms with van der Waals surface area (Å²) in [6.07, 6.45) is 0. The van der Waals surface area contributed by atoms with Crippen LogP contribution in [0.1, 0.15) is 17.0 Å². The summed E-state index contributed by atoms with van der Waals surface area (Å²) in [6.45, 7) is 3.86. The molecule has 0 aliphatic rings. The number of aryl methyl sites for hydroxylation is 1. The molecule has 0 unspecified atom stereocenters. The molecule has 0 radical (unpaired) electrons. The van der Waals surface area contributed by atoms with Gasteiger partial charge in [-0.15, -0.1) is 0 Å². The van der Waals surface area contributed by atoms with Crippen molar-refractivity contribution in [2.75, 3.05) is 5.73 Å². The van der Waals surface area contributed by atoms with Crippen molar-refractivity contribution < 1.29 is 0 Å². The maximum atomic E-state index is 9.11. The van der Waals surface area contributed by atoms with Gasteiger partial charge in [-0.2, -0.15) is 10.4 Å². The van der Waals surface area contributed by atoms with Gasteiger partial charge in [0.05, 0.1) is 27.1 Å². The number of nitrogens with two attached hydrogens (primary N) is 1. The van der Waals surface area contributed by atoms with E-state index in [4.69, 9.17) is 11.0 Å². The minimum atomic E-state index is 0.517. The van der Waals surface area contributed by atoms with E-state index < -0.39 is 0 Å². The molecule has 1 aromatic heterocycles. The molecule has 0 saturated carbocycles. The van der Waals surface area contributed by atoms with Crippen molar-refractivity contribution in [2.45, 2.75) is 13.8 Å². The van der Waals surface area contributed by atoms with Crippen molar-refractivity contribution in [2.24, 2.45) is 0 Å². The number of hydrogen-bond acceptors (Lipinski definition) is 3. The van der Waals surface area contributed by atoms with Crippen molar-refractivity contribution in [3.8, 4) is 11.8 Å². The highest BCUT2D eigenvalue weighted by molar-refractivity contribution is 9.10. The summed E-state index contributed by atoms with van der Waals surface area (Å²) in [7, 11) is 0. The number of nitrogen functional groups attached to an aromatic ring is 1. The first-order valence-corrected chi connectivity index (χ1v) is 5.85. The van der Waals surface area contributed by atoms with E-state index >= 15 is 0 Å². The van der Waals surface area contributed by atoms with Crippen LogP contribution in [0, 0.1) is 25.2 Å². The fourth-order valence-electron chi connectivity index (χ4n) is 1.69. The first-order valence-electron chi connectivity index (χ1n) is 5.06. The van der Waals surface area contributed by atoms with E-state index in [1.54, 1.807) is 22.9 Å². The van der Waals surface area contributed by atoms with Crippen LogP contribution in [0.4, 0.5) is 5.69 Å². The highest BCUT2D eigenvalue weighted by atomic mass is 79.9. The highest BCUT2D eigenvalue weighted by Crippen LogP contribution is 2.25. The van der Waals surface area contributed by atoms with E-state index in [0.717, 1.165) is 21.5 Å². The standard InChI is InChI=1S/C12H11BrN4/c1-7-12(13)8(2)17(16-7)11-4-3-10(15)5-9(11)6-14/h3-5H,15H2,1-2H3. The summed E-state index contributed by atoms with van der Waals surface area (Å²) < 4.78 is 2.70. The van der Waals surface area contributed by atoms with Crippen LogP contribution in [0.3, 0.4) is 0 Å². The summed E-state index contributed by atoms with van der Waals surface area (Å²) in [5.41, 5.74) is 9.35. The molecule has 4 nitrogen and oxygen atoms in total. The molecule has 1 aromatic carbocycles. The van der Waals surface area contributed by atoms with Gasteiger partial charge in [-0.25, -0.2) is 4.68 Å². The lowest BCUT2D eigenvalue weighted by Crippen LogP contribution is -2.02. The average Bonchev–Trinajstić information content (AvgIpc) is 2.57. The summed E-state index contributed by atoms with van der Waals surface area (Å²) in [6, 6.07) is 7.36. The lowest BCUT2D eigenvalue weighted by atomic mass is 10.1. The molecule has 2 rings (SSSR count). The second kappa shape index (κ2) is 4.22. The summed E-state index contributed by atoms with van der Waals surface area (Å²) in [4.78, 5) is 0. The molecule has 0 bridgehead atoms. The molecule has 0 saturated heterocycles. The van der Waals surface area contributed by atoms with E-state index in [-0.39, 0.29) is 0 Å². The number of nitrogens with zero attached hydrogens (tertiary/aromatic N) is 3. The van der Waals surface area contributed by atoms with Crippen LogP contribution in [0.5, 0.6) is 0 Å². The van der Waals surface area contributed by atoms with Gasteiger partial charge in [0.1, 0.15) is 6.07 Å². The Morgan fingerprint density at radius 1 is 1.41 bits per heavy atom. The van der Waals surface area contributed by atoms with Crippen LogP contribution >= 0.6 is 15.9 Å². The van der Waals surface area contributed by atoms with Crippen LogP contribution in [-0.4, -0.2) is 9.78 Å². The molecule has 2 aromatic rings. The Labute approximate surface area is 108 Å². The van der Waals surface area contributed by atoms with Crippen LogP contribution in [0.15, 0.2) is 22.7 Å². The fourth-order valence-corrected chi connectivity index (χ4v) is 1.93. The topological polar surface area (TPSA) is 67.6 Å². The zero-order valence-corrected chi connectivity index (χ0v) is 11.1. The molecule has 0 amide bonds.